The van der Waals surface area contributed by atoms with Gasteiger partial charge < -0.3 is 19.4 Å². The van der Waals surface area contributed by atoms with E-state index in [9.17, 15) is 0 Å². The quantitative estimate of drug-likeness (QED) is 0.925. The SMILES string of the molecule is Cn1ccnc1[C@H]1OCC[C@@H]1NCC1=Cc2cc(Cl)ccc2OC1. The summed E-state index contributed by atoms with van der Waals surface area (Å²) in [6.07, 6.45) is 6.90. The summed E-state index contributed by atoms with van der Waals surface area (Å²) in [5.41, 5.74) is 2.24. The molecule has 2 aliphatic rings. The highest BCUT2D eigenvalue weighted by molar-refractivity contribution is 6.30. The molecule has 2 aliphatic heterocycles. The van der Waals surface area contributed by atoms with Crippen molar-refractivity contribution >= 4 is 17.7 Å². The van der Waals surface area contributed by atoms with Crippen molar-refractivity contribution in [2.75, 3.05) is 19.8 Å². The second-order valence-electron chi connectivity index (χ2n) is 6.24. The molecule has 1 aromatic carbocycles. The van der Waals surface area contributed by atoms with E-state index in [1.807, 2.05) is 42.2 Å². The molecule has 24 heavy (non-hydrogen) atoms. The molecule has 0 amide bonds. The number of rotatable bonds is 4. The van der Waals surface area contributed by atoms with Crippen molar-refractivity contribution < 1.29 is 9.47 Å². The van der Waals surface area contributed by atoms with Crippen LogP contribution in [-0.4, -0.2) is 35.4 Å². The highest BCUT2D eigenvalue weighted by atomic mass is 35.5. The van der Waals surface area contributed by atoms with Crippen LogP contribution < -0.4 is 10.1 Å². The smallest absolute Gasteiger partial charge is 0.139 e. The van der Waals surface area contributed by atoms with Crippen molar-refractivity contribution in [2.45, 2.75) is 18.6 Å². The zero-order valence-electron chi connectivity index (χ0n) is 13.5. The highest BCUT2D eigenvalue weighted by Gasteiger charge is 2.32. The van der Waals surface area contributed by atoms with Crippen molar-refractivity contribution in [3.05, 3.63) is 52.6 Å². The van der Waals surface area contributed by atoms with E-state index >= 15 is 0 Å². The van der Waals surface area contributed by atoms with Gasteiger partial charge in [0.2, 0.25) is 0 Å². The second-order valence-corrected chi connectivity index (χ2v) is 6.67. The Morgan fingerprint density at radius 1 is 1.42 bits per heavy atom. The second kappa shape index (κ2) is 6.59. The van der Waals surface area contributed by atoms with Crippen LogP contribution in [0, 0.1) is 0 Å². The molecule has 4 rings (SSSR count). The maximum atomic E-state index is 6.07. The van der Waals surface area contributed by atoms with Crippen LogP contribution in [0.15, 0.2) is 36.2 Å². The van der Waals surface area contributed by atoms with Crippen molar-refractivity contribution in [1.29, 1.82) is 0 Å². The van der Waals surface area contributed by atoms with Crippen LogP contribution in [0.25, 0.3) is 6.08 Å². The molecule has 1 aromatic heterocycles. The highest BCUT2D eigenvalue weighted by Crippen LogP contribution is 2.30. The zero-order valence-corrected chi connectivity index (χ0v) is 14.3. The van der Waals surface area contributed by atoms with Crippen molar-refractivity contribution in [1.82, 2.24) is 14.9 Å². The Labute approximate surface area is 146 Å². The van der Waals surface area contributed by atoms with E-state index in [1.54, 1.807) is 0 Å². The topological polar surface area (TPSA) is 48.3 Å². The lowest BCUT2D eigenvalue weighted by Crippen LogP contribution is -2.35. The summed E-state index contributed by atoms with van der Waals surface area (Å²) in [6.45, 7) is 2.12. The third-order valence-corrected chi connectivity index (χ3v) is 4.78. The molecule has 5 nitrogen and oxygen atoms in total. The first-order valence-electron chi connectivity index (χ1n) is 8.15. The minimum atomic E-state index is -0.00293. The normalized spacial score (nSPS) is 22.8. The predicted molar refractivity (Wildman–Crippen MR) is 93.2 cm³/mol. The molecule has 0 aliphatic carbocycles. The van der Waals surface area contributed by atoms with Crippen LogP contribution in [0.2, 0.25) is 5.02 Å². The molecule has 126 valence electrons. The summed E-state index contributed by atoms with van der Waals surface area (Å²) in [5, 5.41) is 4.33. The number of imidazole rings is 1. The maximum Gasteiger partial charge on any atom is 0.139 e. The van der Waals surface area contributed by atoms with Gasteiger partial charge in [-0.3, -0.25) is 0 Å². The standard InChI is InChI=1S/C18H20ClN3O2/c1-22-6-5-20-18(22)17-15(4-7-23-17)21-10-12-8-13-9-14(19)2-3-16(13)24-11-12/h2-3,5-6,8-9,15,17,21H,4,7,10-11H2,1H3/t15-,17-/m0/s1. The number of fused-ring (bicyclic) bond motifs is 1. The Balaban J connectivity index is 1.44. The molecule has 0 bridgehead atoms. The first kappa shape index (κ1) is 15.7. The van der Waals surface area contributed by atoms with Crippen LogP contribution in [0.5, 0.6) is 5.75 Å². The number of hydrogen-bond acceptors (Lipinski definition) is 4. The third kappa shape index (κ3) is 3.07. The molecular weight excluding hydrogens is 326 g/mol. The lowest BCUT2D eigenvalue weighted by molar-refractivity contribution is 0.0900. The first-order chi connectivity index (χ1) is 11.7. The van der Waals surface area contributed by atoms with Gasteiger partial charge in [-0.15, -0.1) is 0 Å². The molecule has 2 aromatic rings. The van der Waals surface area contributed by atoms with Crippen LogP contribution in [0.3, 0.4) is 0 Å². The fraction of sp³-hybridized carbons (Fsp3) is 0.389. The molecule has 1 fully saturated rings. The minimum absolute atomic E-state index is 0.00293. The minimum Gasteiger partial charge on any atom is -0.489 e. The van der Waals surface area contributed by atoms with Gasteiger partial charge in [0, 0.05) is 49.2 Å². The summed E-state index contributed by atoms with van der Waals surface area (Å²) in [6, 6.07) is 5.96. The Morgan fingerprint density at radius 2 is 2.33 bits per heavy atom. The number of ether oxygens (including phenoxy) is 2. The number of nitrogens with zero attached hydrogens (tertiary/aromatic N) is 2. The van der Waals surface area contributed by atoms with Crippen LogP contribution >= 0.6 is 11.6 Å². The Hall–Kier alpha value is -1.82. The summed E-state index contributed by atoms with van der Waals surface area (Å²) in [5.74, 6) is 1.86. The fourth-order valence-electron chi connectivity index (χ4n) is 3.26. The van der Waals surface area contributed by atoms with E-state index in [1.165, 1.54) is 5.57 Å². The van der Waals surface area contributed by atoms with Gasteiger partial charge in [-0.1, -0.05) is 11.6 Å². The van der Waals surface area contributed by atoms with Crippen molar-refractivity contribution in [3.63, 3.8) is 0 Å². The predicted octanol–water partition coefficient (Wildman–Crippen LogP) is 2.97. The average molecular weight is 346 g/mol. The molecule has 6 heteroatoms. The maximum absolute atomic E-state index is 6.07. The van der Waals surface area contributed by atoms with Gasteiger partial charge in [0.1, 0.15) is 24.3 Å². The van der Waals surface area contributed by atoms with E-state index in [0.717, 1.165) is 41.7 Å². The van der Waals surface area contributed by atoms with Crippen molar-refractivity contribution in [3.8, 4) is 5.75 Å². The molecule has 0 saturated carbocycles. The largest absolute Gasteiger partial charge is 0.489 e. The molecule has 2 atom stereocenters. The van der Waals surface area contributed by atoms with E-state index in [4.69, 9.17) is 21.1 Å². The molecule has 3 heterocycles. The summed E-state index contributed by atoms with van der Waals surface area (Å²) in [4.78, 5) is 4.43. The number of halogens is 1. The average Bonchev–Trinajstić information content (AvgIpc) is 3.20. The lowest BCUT2D eigenvalue weighted by atomic mass is 10.1. The fourth-order valence-corrected chi connectivity index (χ4v) is 3.44. The molecule has 1 saturated heterocycles. The van der Waals surface area contributed by atoms with Gasteiger partial charge in [-0.05, 0) is 36.3 Å². The molecule has 0 spiro atoms. The first-order valence-corrected chi connectivity index (χ1v) is 8.52. The summed E-state index contributed by atoms with van der Waals surface area (Å²) in [7, 11) is 2.00. The van der Waals surface area contributed by atoms with Gasteiger partial charge >= 0.3 is 0 Å². The summed E-state index contributed by atoms with van der Waals surface area (Å²) >= 11 is 6.07. The zero-order chi connectivity index (χ0) is 16.5. The van der Waals surface area contributed by atoms with Gasteiger partial charge in [-0.2, -0.15) is 0 Å². The van der Waals surface area contributed by atoms with Gasteiger partial charge in [0.25, 0.3) is 0 Å². The van der Waals surface area contributed by atoms with Gasteiger partial charge in [0.05, 0.1) is 0 Å². The van der Waals surface area contributed by atoms with E-state index in [-0.39, 0.29) is 12.1 Å². The Morgan fingerprint density at radius 3 is 3.17 bits per heavy atom. The van der Waals surface area contributed by atoms with E-state index in [0.29, 0.717) is 6.61 Å². The number of hydrogen-bond donors (Lipinski definition) is 1. The molecule has 1 N–H and O–H groups in total. The number of nitrogens with one attached hydrogen (secondary N) is 1. The van der Waals surface area contributed by atoms with Crippen LogP contribution in [-0.2, 0) is 11.8 Å². The monoisotopic (exact) mass is 345 g/mol. The van der Waals surface area contributed by atoms with Crippen LogP contribution in [0.1, 0.15) is 23.9 Å². The van der Waals surface area contributed by atoms with Gasteiger partial charge in [0.15, 0.2) is 0 Å². The van der Waals surface area contributed by atoms with E-state index in [2.05, 4.69) is 16.4 Å². The van der Waals surface area contributed by atoms with E-state index < -0.39 is 0 Å². The number of aromatic nitrogens is 2. The number of aryl methyl sites for hydroxylation is 1. The molecule has 0 unspecified atom stereocenters. The van der Waals surface area contributed by atoms with Crippen LogP contribution in [0.4, 0.5) is 0 Å². The Bertz CT molecular complexity index is 771. The Kier molecular flexibility index (Phi) is 4.31. The summed E-state index contributed by atoms with van der Waals surface area (Å²) < 4.78 is 13.7. The molecular formula is C18H20ClN3O2. The molecule has 0 radical (unpaired) electrons. The van der Waals surface area contributed by atoms with Crippen molar-refractivity contribution in [2.24, 2.45) is 7.05 Å². The number of benzene rings is 1. The van der Waals surface area contributed by atoms with Gasteiger partial charge in [-0.25, -0.2) is 4.98 Å². The lowest BCUT2D eigenvalue weighted by Gasteiger charge is -2.22. The third-order valence-electron chi connectivity index (χ3n) is 4.54.